The highest BCUT2D eigenvalue weighted by atomic mass is 16.3. The molecule has 0 fully saturated rings. The third kappa shape index (κ3) is 4.62. The fourth-order valence-corrected chi connectivity index (χ4v) is 8.59. The van der Waals surface area contributed by atoms with Crippen molar-refractivity contribution in [1.29, 1.82) is 0 Å². The van der Waals surface area contributed by atoms with E-state index in [4.69, 9.17) is 4.42 Å². The summed E-state index contributed by atoms with van der Waals surface area (Å²) in [7, 11) is 0. The lowest BCUT2D eigenvalue weighted by Gasteiger charge is -2.19. The number of fused-ring (bicyclic) bond motifs is 10. The minimum absolute atomic E-state index is 0.907. The van der Waals surface area contributed by atoms with Crippen LogP contribution in [0.25, 0.3) is 93.0 Å². The molecule has 242 valence electrons. The Bertz CT molecular complexity index is 2870. The predicted molar refractivity (Wildman–Crippen MR) is 218 cm³/mol. The second kappa shape index (κ2) is 11.7. The van der Waals surface area contributed by atoms with Gasteiger partial charge >= 0.3 is 0 Å². The molecular weight excluding hydrogens is 617 g/mol. The molecule has 0 N–H and O–H groups in total. The smallest absolute Gasteiger partial charge is 0.143 e. The number of aryl methyl sites for hydroxylation is 2. The molecule has 1 nitrogen and oxygen atoms in total. The van der Waals surface area contributed by atoms with Crippen molar-refractivity contribution in [3.63, 3.8) is 0 Å². The lowest BCUT2D eigenvalue weighted by Crippen LogP contribution is -2.01. The molecule has 0 radical (unpaired) electrons. The summed E-state index contributed by atoms with van der Waals surface area (Å²) in [4.78, 5) is 0. The maximum Gasteiger partial charge on any atom is 0.143 e. The molecule has 1 aliphatic carbocycles. The van der Waals surface area contributed by atoms with Crippen molar-refractivity contribution < 1.29 is 4.42 Å². The highest BCUT2D eigenvalue weighted by Crippen LogP contribution is 2.50. The van der Waals surface area contributed by atoms with Crippen molar-refractivity contribution in [2.24, 2.45) is 0 Å². The maximum absolute atomic E-state index is 7.04. The van der Waals surface area contributed by atoms with Crippen molar-refractivity contribution in [1.82, 2.24) is 0 Å². The number of rotatable bonds is 4. The second-order valence-electron chi connectivity index (χ2n) is 13.9. The van der Waals surface area contributed by atoms with Gasteiger partial charge in [0.2, 0.25) is 0 Å². The Hall–Kier alpha value is -6.18. The number of allylic oxidation sites excluding steroid dienone is 4. The van der Waals surface area contributed by atoms with E-state index < -0.39 is 0 Å². The van der Waals surface area contributed by atoms with E-state index in [2.05, 4.69) is 172 Å². The third-order valence-corrected chi connectivity index (χ3v) is 11.0. The molecule has 1 heterocycles. The minimum Gasteiger partial charge on any atom is -0.460 e. The molecule has 1 aromatic heterocycles. The molecule has 1 aliphatic rings. The quantitative estimate of drug-likeness (QED) is 0.136. The van der Waals surface area contributed by atoms with Crippen LogP contribution in [0, 0.1) is 0 Å². The van der Waals surface area contributed by atoms with Gasteiger partial charge in [-0.3, -0.25) is 0 Å². The van der Waals surface area contributed by atoms with Crippen LogP contribution in [0.5, 0.6) is 0 Å². The summed E-state index contributed by atoms with van der Waals surface area (Å²) >= 11 is 0. The molecule has 0 saturated heterocycles. The molecule has 9 aromatic rings. The number of furan rings is 1. The monoisotopic (exact) mass is 652 g/mol. The van der Waals surface area contributed by atoms with Crippen LogP contribution in [0.4, 0.5) is 0 Å². The molecule has 0 spiro atoms. The van der Waals surface area contributed by atoms with Gasteiger partial charge in [0.1, 0.15) is 11.3 Å². The van der Waals surface area contributed by atoms with Gasteiger partial charge < -0.3 is 4.42 Å². The van der Waals surface area contributed by atoms with Crippen LogP contribution in [0.3, 0.4) is 0 Å². The Morgan fingerprint density at radius 2 is 1.20 bits per heavy atom. The van der Waals surface area contributed by atoms with Gasteiger partial charge in [0.25, 0.3) is 0 Å². The fourth-order valence-electron chi connectivity index (χ4n) is 8.59. The number of hydrogen-bond acceptors (Lipinski definition) is 1. The van der Waals surface area contributed by atoms with Crippen molar-refractivity contribution in [2.45, 2.75) is 26.7 Å². The Labute approximate surface area is 297 Å². The normalized spacial score (nSPS) is 13.2. The Morgan fingerprint density at radius 1 is 0.549 bits per heavy atom. The highest BCUT2D eigenvalue weighted by molar-refractivity contribution is 6.27. The van der Waals surface area contributed by atoms with E-state index in [9.17, 15) is 0 Å². The van der Waals surface area contributed by atoms with Crippen molar-refractivity contribution in [3.8, 4) is 33.4 Å². The average Bonchev–Trinajstić information content (AvgIpc) is 3.59. The topological polar surface area (TPSA) is 13.1 Å². The third-order valence-electron chi connectivity index (χ3n) is 11.0. The van der Waals surface area contributed by atoms with Gasteiger partial charge in [-0.15, -0.1) is 0 Å². The Morgan fingerprint density at radius 3 is 1.96 bits per heavy atom. The fraction of sp³-hybridized carbons (Fsp3) is 0.0800. The Balaban J connectivity index is 1.26. The van der Waals surface area contributed by atoms with Crippen molar-refractivity contribution in [2.75, 3.05) is 0 Å². The van der Waals surface area contributed by atoms with E-state index in [1.54, 1.807) is 0 Å². The van der Waals surface area contributed by atoms with E-state index >= 15 is 0 Å². The standard InChI is InChI=1S/C50H36O/c1-3-4-13-31(2)33-22-23-35-29-37(25-24-34(35)28-33)46-40-18-9-11-20-42(40)47(43-21-12-10-19-41(43)46)44-30-36-15-6-8-17-39(36)49-48-38-16-7-5-14-32(38)26-27-45(48)51-50(44)49/h3-25,28-30H,26-27H2,1-2H3/b4-3-,31-13+. The summed E-state index contributed by atoms with van der Waals surface area (Å²) in [6.07, 6.45) is 8.25. The van der Waals surface area contributed by atoms with Crippen LogP contribution >= 0.6 is 0 Å². The molecule has 0 atom stereocenters. The summed E-state index contributed by atoms with van der Waals surface area (Å²) in [5.74, 6) is 1.10. The summed E-state index contributed by atoms with van der Waals surface area (Å²) in [6, 6.07) is 51.7. The molecular formula is C50H36O. The van der Waals surface area contributed by atoms with Gasteiger partial charge in [-0.25, -0.2) is 0 Å². The van der Waals surface area contributed by atoms with E-state index in [1.165, 1.54) is 93.0 Å². The molecule has 8 aromatic carbocycles. The zero-order chi connectivity index (χ0) is 34.1. The number of benzene rings is 8. The molecule has 0 aliphatic heterocycles. The molecule has 51 heavy (non-hydrogen) atoms. The highest BCUT2D eigenvalue weighted by Gasteiger charge is 2.27. The van der Waals surface area contributed by atoms with Crippen LogP contribution < -0.4 is 0 Å². The van der Waals surface area contributed by atoms with Gasteiger partial charge in [0, 0.05) is 28.5 Å². The van der Waals surface area contributed by atoms with Gasteiger partial charge in [0.05, 0.1) is 0 Å². The predicted octanol–water partition coefficient (Wildman–Crippen LogP) is 14.1. The lowest BCUT2D eigenvalue weighted by atomic mass is 9.83. The lowest BCUT2D eigenvalue weighted by molar-refractivity contribution is 0.547. The first-order valence-electron chi connectivity index (χ1n) is 18.0. The van der Waals surface area contributed by atoms with Crippen LogP contribution in [0.2, 0.25) is 0 Å². The maximum atomic E-state index is 7.04. The minimum atomic E-state index is 0.907. The SMILES string of the molecule is C/C=C\C=C(/C)c1ccc2cc(-c3c4ccccc4c(-c4cc5ccccc5c5c6c(oc45)CCc4ccccc4-6)c4ccccc34)ccc2c1. The first-order chi connectivity index (χ1) is 25.2. The molecule has 0 saturated carbocycles. The van der Waals surface area contributed by atoms with E-state index in [0.717, 1.165) is 29.7 Å². The van der Waals surface area contributed by atoms with E-state index in [0.29, 0.717) is 0 Å². The van der Waals surface area contributed by atoms with Crippen molar-refractivity contribution >= 4 is 59.6 Å². The Kier molecular flexibility index (Phi) is 6.82. The summed E-state index contributed by atoms with van der Waals surface area (Å²) < 4.78 is 7.04. The average molecular weight is 653 g/mol. The second-order valence-corrected chi connectivity index (χ2v) is 13.9. The molecule has 0 bridgehead atoms. The van der Waals surface area contributed by atoms with Crippen LogP contribution in [-0.4, -0.2) is 0 Å². The first kappa shape index (κ1) is 29.7. The zero-order valence-corrected chi connectivity index (χ0v) is 28.8. The zero-order valence-electron chi connectivity index (χ0n) is 28.8. The van der Waals surface area contributed by atoms with Gasteiger partial charge in [0.15, 0.2) is 0 Å². The van der Waals surface area contributed by atoms with Gasteiger partial charge in [-0.05, 0) is 115 Å². The van der Waals surface area contributed by atoms with Gasteiger partial charge in [-0.1, -0.05) is 140 Å². The van der Waals surface area contributed by atoms with Crippen LogP contribution in [0.1, 0.15) is 30.7 Å². The summed E-state index contributed by atoms with van der Waals surface area (Å²) in [6.45, 7) is 4.23. The molecule has 0 unspecified atom stereocenters. The van der Waals surface area contributed by atoms with Crippen LogP contribution in [0.15, 0.2) is 162 Å². The van der Waals surface area contributed by atoms with Crippen molar-refractivity contribution in [3.05, 3.63) is 175 Å². The summed E-state index contributed by atoms with van der Waals surface area (Å²) in [5.41, 5.74) is 12.3. The molecule has 10 rings (SSSR count). The van der Waals surface area contributed by atoms with E-state index in [-0.39, 0.29) is 0 Å². The van der Waals surface area contributed by atoms with Gasteiger partial charge in [-0.2, -0.15) is 0 Å². The number of hydrogen-bond donors (Lipinski definition) is 0. The first-order valence-corrected chi connectivity index (χ1v) is 18.0. The molecule has 1 heteroatoms. The van der Waals surface area contributed by atoms with Crippen LogP contribution in [-0.2, 0) is 12.8 Å². The molecule has 0 amide bonds. The van der Waals surface area contributed by atoms with E-state index in [1.807, 2.05) is 0 Å². The largest absolute Gasteiger partial charge is 0.460 e. The summed E-state index contributed by atoms with van der Waals surface area (Å²) in [5, 5.41) is 11.2.